The van der Waals surface area contributed by atoms with E-state index >= 15 is 0 Å². The first kappa shape index (κ1) is 25.3. The van der Waals surface area contributed by atoms with Gasteiger partial charge in [-0.2, -0.15) is 13.2 Å². The van der Waals surface area contributed by atoms with Crippen molar-refractivity contribution < 1.29 is 23.1 Å². The van der Waals surface area contributed by atoms with E-state index in [2.05, 4.69) is 26.5 Å². The molecule has 0 radical (unpaired) electrons. The lowest BCUT2D eigenvalue weighted by Gasteiger charge is -2.43. The Hall–Kier alpha value is -2.34. The van der Waals surface area contributed by atoms with Crippen LogP contribution in [0.1, 0.15) is 75.2 Å². The number of halogens is 3. The molecule has 0 saturated heterocycles. The maximum atomic E-state index is 13.4. The van der Waals surface area contributed by atoms with E-state index in [1.165, 1.54) is 29.8 Å². The summed E-state index contributed by atoms with van der Waals surface area (Å²) in [5, 5.41) is 9.89. The van der Waals surface area contributed by atoms with E-state index in [1.807, 2.05) is 17.1 Å². The van der Waals surface area contributed by atoms with Crippen molar-refractivity contribution in [3.63, 3.8) is 0 Å². The first-order valence-corrected chi connectivity index (χ1v) is 11.6. The summed E-state index contributed by atoms with van der Waals surface area (Å²) < 4.78 is 39.4. The van der Waals surface area contributed by atoms with E-state index in [-0.39, 0.29) is 29.0 Å². The summed E-state index contributed by atoms with van der Waals surface area (Å²) in [7, 11) is 0. The average Bonchev–Trinajstić information content (AvgIpc) is 3.60. The predicted molar refractivity (Wildman–Crippen MR) is 125 cm³/mol. The highest BCUT2D eigenvalue weighted by Gasteiger charge is 2.51. The molecule has 1 aromatic carbocycles. The third-order valence-electron chi connectivity index (χ3n) is 7.42. The predicted octanol–water partition coefficient (Wildman–Crippen LogP) is 6.70. The zero-order chi connectivity index (χ0) is 24.4. The molecule has 0 bridgehead atoms. The van der Waals surface area contributed by atoms with Gasteiger partial charge in [-0.25, -0.2) is 0 Å². The van der Waals surface area contributed by atoms with E-state index in [4.69, 9.17) is 0 Å². The standard InChI is InChI=1S/C27H34F3NO2/c1-5-6-7-8-19(2)25(3)17-15-23(16-18-25)31(22-13-14-22)24(32)20-9-11-21(12-10-20)26(4,33)27(28,29)30/h5-12,22-23,33H,1,13-18H2,2-4H3/b7-6-,19-8+/t23?,25?,26-/m0/s1. The Morgan fingerprint density at radius 2 is 1.64 bits per heavy atom. The van der Waals surface area contributed by atoms with Crippen LogP contribution in [0.3, 0.4) is 0 Å². The van der Waals surface area contributed by atoms with Crippen LogP contribution >= 0.6 is 0 Å². The van der Waals surface area contributed by atoms with Crippen LogP contribution in [-0.2, 0) is 5.60 Å². The van der Waals surface area contributed by atoms with Gasteiger partial charge in [0.25, 0.3) is 5.91 Å². The SMILES string of the molecule is C=C/C=C\C=C(/C)C1(C)CCC(N(C(=O)c2ccc([C@](C)(O)C(F)(F)F)cc2)C2CC2)CC1. The van der Waals surface area contributed by atoms with E-state index in [0.717, 1.165) is 45.4 Å². The molecule has 1 N–H and O–H groups in total. The van der Waals surface area contributed by atoms with Gasteiger partial charge >= 0.3 is 6.18 Å². The molecule has 2 aliphatic rings. The second-order valence-corrected chi connectivity index (χ2v) is 9.85. The van der Waals surface area contributed by atoms with Crippen molar-refractivity contribution in [1.29, 1.82) is 0 Å². The van der Waals surface area contributed by atoms with Crippen LogP contribution in [-0.4, -0.2) is 34.2 Å². The Kier molecular flexibility index (Phi) is 7.27. The number of allylic oxidation sites excluding steroid dienone is 5. The zero-order valence-corrected chi connectivity index (χ0v) is 19.7. The Balaban J connectivity index is 1.73. The van der Waals surface area contributed by atoms with E-state index in [0.29, 0.717) is 5.56 Å². The molecule has 0 heterocycles. The maximum Gasteiger partial charge on any atom is 0.421 e. The molecule has 0 aromatic heterocycles. The monoisotopic (exact) mass is 461 g/mol. The van der Waals surface area contributed by atoms with E-state index in [1.54, 1.807) is 6.08 Å². The highest BCUT2D eigenvalue weighted by Crippen LogP contribution is 2.45. The lowest BCUT2D eigenvalue weighted by molar-refractivity contribution is -0.258. The number of carbonyl (C=O) groups excluding carboxylic acids is 1. The molecule has 1 amide bonds. The summed E-state index contributed by atoms with van der Waals surface area (Å²) in [4.78, 5) is 15.3. The molecule has 1 aromatic rings. The molecule has 0 spiro atoms. The molecule has 2 aliphatic carbocycles. The van der Waals surface area contributed by atoms with Gasteiger partial charge in [0.1, 0.15) is 0 Å². The molecule has 180 valence electrons. The Labute approximate surface area is 194 Å². The highest BCUT2D eigenvalue weighted by molar-refractivity contribution is 5.95. The van der Waals surface area contributed by atoms with Gasteiger partial charge in [-0.05, 0) is 75.5 Å². The molecule has 0 unspecified atom stereocenters. The quantitative estimate of drug-likeness (QED) is 0.459. The Morgan fingerprint density at radius 1 is 1.09 bits per heavy atom. The van der Waals surface area contributed by atoms with Crippen LogP contribution in [0.15, 0.2) is 60.7 Å². The molecule has 3 rings (SSSR count). The van der Waals surface area contributed by atoms with Crippen molar-refractivity contribution in [2.45, 2.75) is 83.2 Å². The van der Waals surface area contributed by atoms with Gasteiger partial charge < -0.3 is 10.0 Å². The van der Waals surface area contributed by atoms with Gasteiger partial charge in [-0.3, -0.25) is 4.79 Å². The zero-order valence-electron chi connectivity index (χ0n) is 19.7. The number of alkyl halides is 3. The molecular formula is C27H34F3NO2. The first-order chi connectivity index (χ1) is 15.4. The third-order valence-corrected chi connectivity index (χ3v) is 7.42. The molecule has 3 nitrogen and oxygen atoms in total. The summed E-state index contributed by atoms with van der Waals surface area (Å²) >= 11 is 0. The number of hydrogen-bond donors (Lipinski definition) is 1. The van der Waals surface area contributed by atoms with Gasteiger partial charge in [-0.15, -0.1) is 0 Å². The molecule has 6 heteroatoms. The van der Waals surface area contributed by atoms with Gasteiger partial charge in [0.05, 0.1) is 0 Å². The van der Waals surface area contributed by atoms with Crippen LogP contribution in [0.2, 0.25) is 0 Å². The van der Waals surface area contributed by atoms with E-state index < -0.39 is 11.8 Å². The van der Waals surface area contributed by atoms with E-state index in [9.17, 15) is 23.1 Å². The molecule has 1 atom stereocenters. The van der Waals surface area contributed by atoms with Crippen molar-refractivity contribution in [2.75, 3.05) is 0 Å². The molecule has 2 saturated carbocycles. The van der Waals surface area contributed by atoms with Crippen molar-refractivity contribution in [2.24, 2.45) is 5.41 Å². The molecular weight excluding hydrogens is 427 g/mol. The number of nitrogens with zero attached hydrogens (tertiary/aromatic N) is 1. The number of aliphatic hydroxyl groups is 1. The number of carbonyl (C=O) groups is 1. The fraction of sp³-hybridized carbons (Fsp3) is 0.519. The minimum atomic E-state index is -4.79. The van der Waals surface area contributed by atoms with Crippen LogP contribution < -0.4 is 0 Å². The molecule has 0 aliphatic heterocycles. The minimum absolute atomic E-state index is 0.0884. The first-order valence-electron chi connectivity index (χ1n) is 11.6. The maximum absolute atomic E-state index is 13.4. The van der Waals surface area contributed by atoms with Crippen molar-refractivity contribution in [1.82, 2.24) is 4.90 Å². The summed E-state index contributed by atoms with van der Waals surface area (Å²) in [5.74, 6) is -0.134. The normalized spacial score (nSPS) is 26.2. The fourth-order valence-electron chi connectivity index (χ4n) is 4.62. The van der Waals surface area contributed by atoms with Crippen molar-refractivity contribution >= 4 is 5.91 Å². The number of benzene rings is 1. The minimum Gasteiger partial charge on any atom is -0.376 e. The largest absolute Gasteiger partial charge is 0.421 e. The lowest BCUT2D eigenvalue weighted by atomic mass is 9.69. The van der Waals surface area contributed by atoms with Gasteiger partial charge in [-0.1, -0.05) is 55.5 Å². The van der Waals surface area contributed by atoms with Crippen LogP contribution in [0, 0.1) is 5.41 Å². The summed E-state index contributed by atoms with van der Waals surface area (Å²) in [5.41, 5.74) is -1.46. The van der Waals surface area contributed by atoms with Crippen LogP contribution in [0.5, 0.6) is 0 Å². The highest BCUT2D eigenvalue weighted by atomic mass is 19.4. The second kappa shape index (κ2) is 9.49. The molecule has 33 heavy (non-hydrogen) atoms. The number of rotatable bonds is 7. The van der Waals surface area contributed by atoms with Crippen LogP contribution in [0.4, 0.5) is 13.2 Å². The lowest BCUT2D eigenvalue weighted by Crippen LogP contribution is -2.45. The Bertz CT molecular complexity index is 916. The Morgan fingerprint density at radius 3 is 2.12 bits per heavy atom. The number of hydrogen-bond acceptors (Lipinski definition) is 2. The van der Waals surface area contributed by atoms with Crippen molar-refractivity contribution in [3.05, 3.63) is 71.8 Å². The average molecular weight is 462 g/mol. The van der Waals surface area contributed by atoms with Crippen LogP contribution in [0.25, 0.3) is 0 Å². The van der Waals surface area contributed by atoms with Gasteiger partial charge in [0, 0.05) is 17.6 Å². The topological polar surface area (TPSA) is 40.5 Å². The van der Waals surface area contributed by atoms with Gasteiger partial charge in [0.15, 0.2) is 5.60 Å². The smallest absolute Gasteiger partial charge is 0.376 e. The fourth-order valence-corrected chi connectivity index (χ4v) is 4.62. The second-order valence-electron chi connectivity index (χ2n) is 9.85. The molecule has 2 fully saturated rings. The summed E-state index contributed by atoms with van der Waals surface area (Å²) in [6.45, 7) is 8.83. The number of amides is 1. The van der Waals surface area contributed by atoms with Crippen molar-refractivity contribution in [3.8, 4) is 0 Å². The third kappa shape index (κ3) is 5.43. The summed E-state index contributed by atoms with van der Waals surface area (Å²) in [6.07, 6.45) is 8.68. The summed E-state index contributed by atoms with van der Waals surface area (Å²) in [6, 6.07) is 5.55. The van der Waals surface area contributed by atoms with Gasteiger partial charge in [0.2, 0.25) is 0 Å².